The maximum Gasteiger partial charge on any atom is 0.111 e. The van der Waals surface area contributed by atoms with E-state index in [1.54, 1.807) is 11.3 Å². The van der Waals surface area contributed by atoms with E-state index in [2.05, 4.69) is 27.1 Å². The van der Waals surface area contributed by atoms with Gasteiger partial charge >= 0.3 is 0 Å². The second-order valence-electron chi connectivity index (χ2n) is 4.70. The highest BCUT2D eigenvalue weighted by molar-refractivity contribution is 7.09. The zero-order valence-electron chi connectivity index (χ0n) is 11.2. The molecule has 3 aromatic rings. The highest BCUT2D eigenvalue weighted by Crippen LogP contribution is 2.29. The number of thiophene rings is 1. The number of aryl methyl sites for hydroxylation is 3. The smallest absolute Gasteiger partial charge is 0.111 e. The number of hydrogen-bond donors (Lipinski definition) is 0. The van der Waals surface area contributed by atoms with Crippen molar-refractivity contribution in [3.05, 3.63) is 50.4 Å². The van der Waals surface area contributed by atoms with E-state index in [9.17, 15) is 0 Å². The lowest BCUT2D eigenvalue weighted by Crippen LogP contribution is -2.06. The topological polar surface area (TPSA) is 17.8 Å². The molecule has 110 valence electrons. The summed E-state index contributed by atoms with van der Waals surface area (Å²) < 4.78 is 2.19. The fourth-order valence-corrected chi connectivity index (χ4v) is 3.55. The van der Waals surface area contributed by atoms with Crippen molar-refractivity contribution in [3.8, 4) is 0 Å². The average molecular weight is 360 g/mol. The third-order valence-electron chi connectivity index (χ3n) is 3.35. The van der Waals surface area contributed by atoms with E-state index in [4.69, 9.17) is 34.8 Å². The second-order valence-corrected chi connectivity index (χ2v) is 6.93. The molecule has 0 spiro atoms. The fourth-order valence-electron chi connectivity index (χ4n) is 2.37. The van der Waals surface area contributed by atoms with Crippen LogP contribution in [0.1, 0.15) is 10.7 Å². The van der Waals surface area contributed by atoms with Crippen molar-refractivity contribution in [2.24, 2.45) is 0 Å². The Kier molecular flexibility index (Phi) is 4.75. The molecule has 0 atom stereocenters. The quantitative estimate of drug-likeness (QED) is 0.555. The van der Waals surface area contributed by atoms with Crippen molar-refractivity contribution in [1.29, 1.82) is 0 Å². The van der Waals surface area contributed by atoms with Gasteiger partial charge in [-0.05, 0) is 30.0 Å². The molecule has 0 fully saturated rings. The highest BCUT2D eigenvalue weighted by Gasteiger charge is 2.13. The SMILES string of the molecule is ClCCc1nc2cc(Cl)c(Cl)cc2n1CCc1cccs1. The minimum absolute atomic E-state index is 0.532. The summed E-state index contributed by atoms with van der Waals surface area (Å²) in [4.78, 5) is 6.00. The van der Waals surface area contributed by atoms with Gasteiger partial charge in [0.1, 0.15) is 5.82 Å². The largest absolute Gasteiger partial charge is 0.328 e. The van der Waals surface area contributed by atoms with Gasteiger partial charge in [-0.15, -0.1) is 22.9 Å². The molecule has 6 heteroatoms. The summed E-state index contributed by atoms with van der Waals surface area (Å²) in [6.07, 6.45) is 1.70. The molecule has 0 amide bonds. The molecule has 0 saturated heterocycles. The second kappa shape index (κ2) is 6.57. The lowest BCUT2D eigenvalue weighted by Gasteiger charge is -2.08. The van der Waals surface area contributed by atoms with Crippen LogP contribution in [0.25, 0.3) is 11.0 Å². The predicted molar refractivity (Wildman–Crippen MR) is 92.2 cm³/mol. The number of halogens is 3. The number of alkyl halides is 1. The Bertz CT molecular complexity index is 750. The van der Waals surface area contributed by atoms with Crippen LogP contribution in [0.3, 0.4) is 0 Å². The van der Waals surface area contributed by atoms with Crippen molar-refractivity contribution >= 4 is 57.2 Å². The summed E-state index contributed by atoms with van der Waals surface area (Å²) in [6, 6.07) is 7.92. The number of imidazole rings is 1. The standard InChI is InChI=1S/C15H13Cl3N2S/c16-5-3-15-19-13-8-11(17)12(18)9-14(13)20(15)6-4-10-2-1-7-21-10/h1-2,7-9H,3-6H2. The number of rotatable bonds is 5. The lowest BCUT2D eigenvalue weighted by atomic mass is 10.3. The molecule has 3 rings (SSSR count). The molecule has 0 aliphatic rings. The Morgan fingerprint density at radius 2 is 1.95 bits per heavy atom. The Morgan fingerprint density at radius 3 is 2.67 bits per heavy atom. The summed E-state index contributed by atoms with van der Waals surface area (Å²) in [6.45, 7) is 0.862. The van der Waals surface area contributed by atoms with E-state index in [0.717, 1.165) is 36.2 Å². The van der Waals surface area contributed by atoms with Crippen molar-refractivity contribution in [2.45, 2.75) is 19.4 Å². The van der Waals surface area contributed by atoms with E-state index < -0.39 is 0 Å². The Morgan fingerprint density at radius 1 is 1.14 bits per heavy atom. The predicted octanol–water partition coefficient (Wildman–Crippen LogP) is 5.43. The first kappa shape index (κ1) is 15.2. The first-order valence-corrected chi connectivity index (χ1v) is 8.78. The molecule has 2 aromatic heterocycles. The van der Waals surface area contributed by atoms with Crippen LogP contribution in [0.4, 0.5) is 0 Å². The van der Waals surface area contributed by atoms with Gasteiger partial charge < -0.3 is 4.57 Å². The van der Waals surface area contributed by atoms with Gasteiger partial charge in [0.05, 0.1) is 21.1 Å². The summed E-state index contributed by atoms with van der Waals surface area (Å²) >= 11 is 19.9. The van der Waals surface area contributed by atoms with Crippen LogP contribution in [0.5, 0.6) is 0 Å². The van der Waals surface area contributed by atoms with E-state index in [-0.39, 0.29) is 0 Å². The van der Waals surface area contributed by atoms with Gasteiger partial charge in [-0.25, -0.2) is 4.98 Å². The Labute approximate surface area is 142 Å². The van der Waals surface area contributed by atoms with Gasteiger partial charge in [0, 0.05) is 23.7 Å². The molecule has 0 aliphatic heterocycles. The van der Waals surface area contributed by atoms with Gasteiger partial charge in [-0.2, -0.15) is 0 Å². The van der Waals surface area contributed by atoms with Crippen molar-refractivity contribution in [3.63, 3.8) is 0 Å². The van der Waals surface area contributed by atoms with Gasteiger partial charge in [0.25, 0.3) is 0 Å². The summed E-state index contributed by atoms with van der Waals surface area (Å²) in [7, 11) is 0. The molecule has 0 unspecified atom stereocenters. The zero-order chi connectivity index (χ0) is 14.8. The summed E-state index contributed by atoms with van der Waals surface area (Å²) in [5, 5.41) is 3.18. The molecule has 2 heterocycles. The zero-order valence-corrected chi connectivity index (χ0v) is 14.2. The first-order valence-electron chi connectivity index (χ1n) is 6.61. The van der Waals surface area contributed by atoms with E-state index in [1.807, 2.05) is 12.1 Å². The molecule has 0 bridgehead atoms. The first-order chi connectivity index (χ1) is 10.2. The van der Waals surface area contributed by atoms with Crippen LogP contribution in [-0.4, -0.2) is 15.4 Å². The monoisotopic (exact) mass is 358 g/mol. The third kappa shape index (κ3) is 3.21. The fraction of sp³-hybridized carbons (Fsp3) is 0.267. The Hall–Kier alpha value is -0.740. The van der Waals surface area contributed by atoms with Crippen LogP contribution in [0.15, 0.2) is 29.6 Å². The third-order valence-corrected chi connectivity index (χ3v) is 5.20. The minimum Gasteiger partial charge on any atom is -0.328 e. The maximum absolute atomic E-state index is 6.15. The summed E-state index contributed by atoms with van der Waals surface area (Å²) in [5.74, 6) is 1.53. The minimum atomic E-state index is 0.532. The summed E-state index contributed by atoms with van der Waals surface area (Å²) in [5.41, 5.74) is 1.89. The maximum atomic E-state index is 6.15. The van der Waals surface area contributed by atoms with Gasteiger partial charge in [-0.1, -0.05) is 29.3 Å². The normalized spacial score (nSPS) is 11.4. The molecule has 1 aromatic carbocycles. The van der Waals surface area contributed by atoms with Crippen LogP contribution in [-0.2, 0) is 19.4 Å². The van der Waals surface area contributed by atoms with Crippen LogP contribution < -0.4 is 0 Å². The van der Waals surface area contributed by atoms with Gasteiger partial charge in [-0.3, -0.25) is 0 Å². The average Bonchev–Trinajstić information content (AvgIpc) is 3.06. The van der Waals surface area contributed by atoms with Crippen molar-refractivity contribution in [2.75, 3.05) is 5.88 Å². The van der Waals surface area contributed by atoms with Crippen LogP contribution in [0.2, 0.25) is 10.0 Å². The number of benzene rings is 1. The Balaban J connectivity index is 2.00. The van der Waals surface area contributed by atoms with Crippen molar-refractivity contribution in [1.82, 2.24) is 9.55 Å². The number of aromatic nitrogens is 2. The molecule has 0 N–H and O–H groups in total. The molecular weight excluding hydrogens is 347 g/mol. The lowest BCUT2D eigenvalue weighted by molar-refractivity contribution is 0.679. The number of hydrogen-bond acceptors (Lipinski definition) is 2. The van der Waals surface area contributed by atoms with E-state index in [1.165, 1.54) is 4.88 Å². The van der Waals surface area contributed by atoms with Crippen LogP contribution in [0, 0.1) is 0 Å². The molecule has 21 heavy (non-hydrogen) atoms. The number of nitrogens with zero attached hydrogens (tertiary/aromatic N) is 2. The highest BCUT2D eigenvalue weighted by atomic mass is 35.5. The molecular formula is C15H13Cl3N2S. The molecule has 2 nitrogen and oxygen atoms in total. The van der Waals surface area contributed by atoms with Gasteiger partial charge in [0.2, 0.25) is 0 Å². The van der Waals surface area contributed by atoms with Crippen molar-refractivity contribution < 1.29 is 0 Å². The van der Waals surface area contributed by atoms with E-state index >= 15 is 0 Å². The van der Waals surface area contributed by atoms with Crippen LogP contribution >= 0.6 is 46.1 Å². The van der Waals surface area contributed by atoms with Gasteiger partial charge in [0.15, 0.2) is 0 Å². The molecule has 0 saturated carbocycles. The number of fused-ring (bicyclic) bond motifs is 1. The van der Waals surface area contributed by atoms with E-state index in [0.29, 0.717) is 15.9 Å². The molecule has 0 aliphatic carbocycles. The molecule has 0 radical (unpaired) electrons.